The molecular formula is C22H25Cl2NO2. The summed E-state index contributed by atoms with van der Waals surface area (Å²) in [7, 11) is 0. The summed E-state index contributed by atoms with van der Waals surface area (Å²) in [5.74, 6) is 0.998. The van der Waals surface area contributed by atoms with E-state index < -0.39 is 0 Å². The Hall–Kier alpha value is -1.55. The number of rotatable bonds is 5. The van der Waals surface area contributed by atoms with Crippen molar-refractivity contribution in [3.8, 4) is 0 Å². The van der Waals surface area contributed by atoms with Gasteiger partial charge in [-0.15, -0.1) is 0 Å². The molecule has 1 amide bonds. The van der Waals surface area contributed by atoms with Crippen LogP contribution in [0.2, 0.25) is 10.0 Å². The maximum absolute atomic E-state index is 12.3. The number of anilines is 1. The van der Waals surface area contributed by atoms with Gasteiger partial charge in [-0.05, 0) is 67.5 Å². The predicted octanol–water partition coefficient (Wildman–Crippen LogP) is 6.24. The average molecular weight is 406 g/mol. The number of benzene rings is 2. The van der Waals surface area contributed by atoms with Gasteiger partial charge in [0.15, 0.2) is 0 Å². The molecule has 5 heteroatoms. The maximum Gasteiger partial charge on any atom is 0.255 e. The molecule has 27 heavy (non-hydrogen) atoms. The largest absolute Gasteiger partial charge is 0.378 e. The molecule has 144 valence electrons. The second kappa shape index (κ2) is 9.09. The first kappa shape index (κ1) is 20.2. The molecule has 2 aromatic rings. The number of halogens is 2. The van der Waals surface area contributed by atoms with E-state index in [1.165, 1.54) is 12.0 Å². The van der Waals surface area contributed by atoms with Gasteiger partial charge in [-0.3, -0.25) is 4.79 Å². The maximum atomic E-state index is 12.3. The van der Waals surface area contributed by atoms with E-state index in [2.05, 4.69) is 31.3 Å². The molecule has 1 heterocycles. The first-order valence-electron chi connectivity index (χ1n) is 9.43. The Morgan fingerprint density at radius 1 is 1.15 bits per heavy atom. The zero-order valence-electron chi connectivity index (χ0n) is 15.7. The fraction of sp³-hybridized carbons (Fsp3) is 0.409. The van der Waals surface area contributed by atoms with Crippen LogP contribution in [-0.2, 0) is 11.2 Å². The van der Waals surface area contributed by atoms with Crippen LogP contribution in [0.15, 0.2) is 42.5 Å². The molecule has 3 nitrogen and oxygen atoms in total. The third kappa shape index (κ3) is 5.25. The van der Waals surface area contributed by atoms with Gasteiger partial charge in [-0.1, -0.05) is 48.7 Å². The van der Waals surface area contributed by atoms with Crippen molar-refractivity contribution in [1.82, 2.24) is 0 Å². The van der Waals surface area contributed by atoms with Gasteiger partial charge < -0.3 is 10.1 Å². The number of carbonyl (C=O) groups excluding carboxylic acids is 1. The standard InChI is InChI=1S/C22H25Cl2NO2/c1-3-17-11-16(13-27-14(17)2)10-15-4-7-19(8-5-15)25-22(26)18-6-9-20(23)21(24)12-18/h4-9,12,14,16-17H,3,10-11,13H2,1-2H3,(H,25,26). The molecule has 0 aromatic heterocycles. The number of hydrogen-bond acceptors (Lipinski definition) is 2. The molecule has 2 aromatic carbocycles. The van der Waals surface area contributed by atoms with Gasteiger partial charge in [0.25, 0.3) is 5.91 Å². The molecule has 0 saturated carbocycles. The highest BCUT2D eigenvalue weighted by Gasteiger charge is 2.27. The Kier molecular flexibility index (Phi) is 6.80. The fourth-order valence-electron chi connectivity index (χ4n) is 3.65. The lowest BCUT2D eigenvalue weighted by Crippen LogP contribution is -2.33. The highest BCUT2D eigenvalue weighted by Crippen LogP contribution is 2.30. The summed E-state index contributed by atoms with van der Waals surface area (Å²) in [6.07, 6.45) is 3.75. The van der Waals surface area contributed by atoms with E-state index in [9.17, 15) is 4.79 Å². The Balaban J connectivity index is 1.58. The van der Waals surface area contributed by atoms with Crippen molar-refractivity contribution in [2.45, 2.75) is 39.2 Å². The van der Waals surface area contributed by atoms with Crippen LogP contribution in [-0.4, -0.2) is 18.6 Å². The van der Waals surface area contributed by atoms with E-state index in [1.807, 2.05) is 12.1 Å². The van der Waals surface area contributed by atoms with Crippen LogP contribution >= 0.6 is 23.2 Å². The SMILES string of the molecule is CCC1CC(Cc2ccc(NC(=O)c3ccc(Cl)c(Cl)c3)cc2)COC1C. The Morgan fingerprint density at radius 3 is 2.56 bits per heavy atom. The molecule has 1 fully saturated rings. The highest BCUT2D eigenvalue weighted by molar-refractivity contribution is 6.42. The van der Waals surface area contributed by atoms with E-state index in [0.29, 0.717) is 33.5 Å². The van der Waals surface area contributed by atoms with Crippen molar-refractivity contribution >= 4 is 34.8 Å². The number of amides is 1. The minimum atomic E-state index is -0.207. The zero-order chi connectivity index (χ0) is 19.4. The van der Waals surface area contributed by atoms with Crippen LogP contribution in [0.5, 0.6) is 0 Å². The van der Waals surface area contributed by atoms with E-state index in [0.717, 1.165) is 25.1 Å². The van der Waals surface area contributed by atoms with E-state index in [-0.39, 0.29) is 5.91 Å². The number of nitrogens with one attached hydrogen (secondary N) is 1. The highest BCUT2D eigenvalue weighted by atomic mass is 35.5. The first-order chi connectivity index (χ1) is 13.0. The second-order valence-corrected chi connectivity index (χ2v) is 8.11. The first-order valence-corrected chi connectivity index (χ1v) is 10.2. The number of ether oxygens (including phenoxy) is 1. The molecule has 1 aliphatic heterocycles. The van der Waals surface area contributed by atoms with Gasteiger partial charge in [0.1, 0.15) is 0 Å². The topological polar surface area (TPSA) is 38.3 Å². The fourth-order valence-corrected chi connectivity index (χ4v) is 3.95. The summed E-state index contributed by atoms with van der Waals surface area (Å²) in [6.45, 7) is 5.24. The lowest BCUT2D eigenvalue weighted by atomic mass is 9.83. The van der Waals surface area contributed by atoms with Gasteiger partial charge in [-0.25, -0.2) is 0 Å². The molecule has 3 unspecified atom stereocenters. The number of hydrogen-bond donors (Lipinski definition) is 1. The third-order valence-electron chi connectivity index (χ3n) is 5.34. The Bertz CT molecular complexity index is 791. The molecule has 1 aliphatic rings. The van der Waals surface area contributed by atoms with Gasteiger partial charge >= 0.3 is 0 Å². The quantitative estimate of drug-likeness (QED) is 0.638. The van der Waals surface area contributed by atoms with Crippen molar-refractivity contribution in [3.63, 3.8) is 0 Å². The molecule has 3 rings (SSSR count). The summed E-state index contributed by atoms with van der Waals surface area (Å²) < 4.78 is 5.93. The Labute approximate surface area is 171 Å². The van der Waals surface area contributed by atoms with Gasteiger partial charge in [0, 0.05) is 11.3 Å². The van der Waals surface area contributed by atoms with Gasteiger partial charge in [0.05, 0.1) is 22.8 Å². The lowest BCUT2D eigenvalue weighted by molar-refractivity contribution is -0.0466. The summed E-state index contributed by atoms with van der Waals surface area (Å²) in [6, 6.07) is 12.9. The van der Waals surface area contributed by atoms with Crippen LogP contribution in [0, 0.1) is 11.8 Å². The second-order valence-electron chi connectivity index (χ2n) is 7.29. The van der Waals surface area contributed by atoms with Crippen molar-refractivity contribution in [2.24, 2.45) is 11.8 Å². The third-order valence-corrected chi connectivity index (χ3v) is 6.08. The normalized spacial score (nSPS) is 22.4. The predicted molar refractivity (Wildman–Crippen MR) is 112 cm³/mol. The van der Waals surface area contributed by atoms with Crippen molar-refractivity contribution in [1.29, 1.82) is 0 Å². The summed E-state index contributed by atoms with van der Waals surface area (Å²) in [5.41, 5.74) is 2.50. The van der Waals surface area contributed by atoms with Crippen molar-refractivity contribution in [2.75, 3.05) is 11.9 Å². The molecule has 0 radical (unpaired) electrons. The van der Waals surface area contributed by atoms with Crippen LogP contribution < -0.4 is 5.32 Å². The monoisotopic (exact) mass is 405 g/mol. The molecule has 3 atom stereocenters. The summed E-state index contributed by atoms with van der Waals surface area (Å²) in [5, 5.41) is 3.70. The van der Waals surface area contributed by atoms with Crippen LogP contribution in [0.4, 0.5) is 5.69 Å². The molecule has 0 spiro atoms. The molecule has 0 aliphatic carbocycles. The van der Waals surface area contributed by atoms with Gasteiger partial charge in [-0.2, -0.15) is 0 Å². The molecule has 1 saturated heterocycles. The molecule has 0 bridgehead atoms. The lowest BCUT2D eigenvalue weighted by Gasteiger charge is -2.34. The van der Waals surface area contributed by atoms with Crippen molar-refractivity contribution < 1.29 is 9.53 Å². The molecular weight excluding hydrogens is 381 g/mol. The molecule has 1 N–H and O–H groups in total. The van der Waals surface area contributed by atoms with E-state index in [1.54, 1.807) is 18.2 Å². The summed E-state index contributed by atoms with van der Waals surface area (Å²) in [4.78, 5) is 12.3. The van der Waals surface area contributed by atoms with E-state index in [4.69, 9.17) is 27.9 Å². The van der Waals surface area contributed by atoms with Gasteiger partial charge in [0.2, 0.25) is 0 Å². The minimum absolute atomic E-state index is 0.207. The van der Waals surface area contributed by atoms with Crippen molar-refractivity contribution in [3.05, 3.63) is 63.6 Å². The number of carbonyl (C=O) groups is 1. The minimum Gasteiger partial charge on any atom is -0.378 e. The average Bonchev–Trinajstić information content (AvgIpc) is 2.67. The van der Waals surface area contributed by atoms with Crippen LogP contribution in [0.3, 0.4) is 0 Å². The van der Waals surface area contributed by atoms with E-state index >= 15 is 0 Å². The van der Waals surface area contributed by atoms with Crippen LogP contribution in [0.25, 0.3) is 0 Å². The zero-order valence-corrected chi connectivity index (χ0v) is 17.2. The van der Waals surface area contributed by atoms with Crippen LogP contribution in [0.1, 0.15) is 42.6 Å². The summed E-state index contributed by atoms with van der Waals surface area (Å²) >= 11 is 11.9. The Morgan fingerprint density at radius 2 is 1.89 bits per heavy atom. The smallest absolute Gasteiger partial charge is 0.255 e.